The number of aliphatic carboxylic acids is 1. The second kappa shape index (κ2) is 13.3. The predicted octanol–water partition coefficient (Wildman–Crippen LogP) is 2.52. The SMILES string of the molecule is CCCCN(CCCN)C(=O)CN1C[C@H](c2cc(OC)c3c(c2)OCO3)C(C(=O)O)[C@@H]1CCN1CC(C)(C)CC1=O. The van der Waals surface area contributed by atoms with Crippen molar-refractivity contribution >= 4 is 17.8 Å². The highest BCUT2D eigenvalue weighted by atomic mass is 16.7. The first-order valence-electron chi connectivity index (χ1n) is 14.8. The molecule has 3 aliphatic rings. The first-order valence-corrected chi connectivity index (χ1v) is 14.8. The fourth-order valence-corrected chi connectivity index (χ4v) is 6.49. The summed E-state index contributed by atoms with van der Waals surface area (Å²) in [5.74, 6) is -0.540. The third-order valence-corrected chi connectivity index (χ3v) is 8.54. The van der Waals surface area contributed by atoms with E-state index in [1.165, 1.54) is 0 Å². The molecule has 3 atom stereocenters. The van der Waals surface area contributed by atoms with E-state index in [-0.39, 0.29) is 30.6 Å². The molecule has 0 bridgehead atoms. The van der Waals surface area contributed by atoms with Crippen molar-refractivity contribution in [3.05, 3.63) is 17.7 Å². The van der Waals surface area contributed by atoms with Gasteiger partial charge in [-0.05, 0) is 48.9 Å². The molecule has 0 aromatic heterocycles. The molecule has 11 nitrogen and oxygen atoms in total. The van der Waals surface area contributed by atoms with E-state index in [1.807, 2.05) is 26.8 Å². The molecular formula is C30H46N4O7. The molecule has 0 saturated carbocycles. The summed E-state index contributed by atoms with van der Waals surface area (Å²) in [4.78, 5) is 44.9. The molecule has 2 saturated heterocycles. The summed E-state index contributed by atoms with van der Waals surface area (Å²) in [5, 5.41) is 10.6. The highest BCUT2D eigenvalue weighted by Gasteiger charge is 2.48. The van der Waals surface area contributed by atoms with Gasteiger partial charge in [0.05, 0.1) is 19.6 Å². The quantitative estimate of drug-likeness (QED) is 0.344. The van der Waals surface area contributed by atoms with E-state index >= 15 is 0 Å². The molecule has 3 aliphatic heterocycles. The van der Waals surface area contributed by atoms with Crippen LogP contribution < -0.4 is 19.9 Å². The second-order valence-corrected chi connectivity index (χ2v) is 12.2. The van der Waals surface area contributed by atoms with E-state index in [4.69, 9.17) is 19.9 Å². The summed E-state index contributed by atoms with van der Waals surface area (Å²) in [6.07, 6.45) is 3.51. The maximum atomic E-state index is 13.6. The lowest BCUT2D eigenvalue weighted by Crippen LogP contribution is -2.46. The molecule has 1 aromatic carbocycles. The van der Waals surface area contributed by atoms with Gasteiger partial charge in [0.25, 0.3) is 0 Å². The van der Waals surface area contributed by atoms with E-state index in [1.54, 1.807) is 7.11 Å². The molecule has 228 valence electrons. The minimum Gasteiger partial charge on any atom is -0.493 e. The number of benzene rings is 1. The maximum Gasteiger partial charge on any atom is 0.308 e. The molecule has 1 unspecified atom stereocenters. The Morgan fingerprint density at radius 3 is 2.61 bits per heavy atom. The first kappa shape index (κ1) is 30.9. The van der Waals surface area contributed by atoms with Gasteiger partial charge in [0.15, 0.2) is 11.5 Å². The van der Waals surface area contributed by atoms with E-state index in [2.05, 4.69) is 20.8 Å². The van der Waals surface area contributed by atoms with Gasteiger partial charge in [-0.3, -0.25) is 19.3 Å². The van der Waals surface area contributed by atoms with Gasteiger partial charge in [-0.25, -0.2) is 0 Å². The number of likely N-dealkylation sites (tertiary alicyclic amines) is 2. The molecule has 0 spiro atoms. The molecule has 4 rings (SSSR count). The smallest absolute Gasteiger partial charge is 0.308 e. The summed E-state index contributed by atoms with van der Waals surface area (Å²) in [7, 11) is 1.54. The first-order chi connectivity index (χ1) is 19.6. The number of ether oxygens (including phenoxy) is 3. The van der Waals surface area contributed by atoms with Crippen LogP contribution in [-0.4, -0.2) is 103 Å². The van der Waals surface area contributed by atoms with Gasteiger partial charge in [-0.15, -0.1) is 0 Å². The topological polar surface area (TPSA) is 135 Å². The van der Waals surface area contributed by atoms with E-state index in [0.29, 0.717) is 75.8 Å². The Balaban J connectivity index is 1.62. The number of unbranched alkanes of at least 4 members (excludes halogenated alkanes) is 1. The van der Waals surface area contributed by atoms with Crippen molar-refractivity contribution in [2.45, 2.75) is 64.8 Å². The van der Waals surface area contributed by atoms with Crippen molar-refractivity contribution in [3.63, 3.8) is 0 Å². The van der Waals surface area contributed by atoms with E-state index < -0.39 is 23.8 Å². The number of methoxy groups -OCH3 is 1. The molecular weight excluding hydrogens is 528 g/mol. The minimum atomic E-state index is -0.925. The molecule has 41 heavy (non-hydrogen) atoms. The van der Waals surface area contributed by atoms with Crippen LogP contribution >= 0.6 is 0 Å². The Bertz CT molecular complexity index is 1100. The molecule has 0 aliphatic carbocycles. The van der Waals surface area contributed by atoms with Gasteiger partial charge in [0, 0.05) is 51.1 Å². The van der Waals surface area contributed by atoms with Crippen LogP contribution in [0, 0.1) is 11.3 Å². The van der Waals surface area contributed by atoms with E-state index in [9.17, 15) is 19.5 Å². The van der Waals surface area contributed by atoms with Gasteiger partial charge >= 0.3 is 5.97 Å². The van der Waals surface area contributed by atoms with Crippen LogP contribution in [-0.2, 0) is 14.4 Å². The zero-order valence-corrected chi connectivity index (χ0v) is 24.9. The molecule has 3 N–H and O–H groups in total. The van der Waals surface area contributed by atoms with Crippen LogP contribution in [0.3, 0.4) is 0 Å². The molecule has 1 aromatic rings. The minimum absolute atomic E-state index is 0.0247. The Morgan fingerprint density at radius 1 is 1.22 bits per heavy atom. The number of amides is 2. The fourth-order valence-electron chi connectivity index (χ4n) is 6.49. The molecule has 11 heteroatoms. The third kappa shape index (κ3) is 7.06. The highest BCUT2D eigenvalue weighted by molar-refractivity contribution is 5.80. The van der Waals surface area contributed by atoms with Crippen molar-refractivity contribution in [3.8, 4) is 17.2 Å². The maximum absolute atomic E-state index is 13.6. The van der Waals surface area contributed by atoms with Gasteiger partial charge < -0.3 is 34.9 Å². The molecule has 2 amide bonds. The van der Waals surface area contributed by atoms with Crippen LogP contribution in [0.1, 0.15) is 64.4 Å². The van der Waals surface area contributed by atoms with Gasteiger partial charge in [0.2, 0.25) is 24.4 Å². The number of fused-ring (bicyclic) bond motifs is 1. The number of carboxylic acids is 1. The lowest BCUT2D eigenvalue weighted by Gasteiger charge is -2.31. The van der Waals surface area contributed by atoms with Gasteiger partial charge in [-0.1, -0.05) is 27.2 Å². The average molecular weight is 575 g/mol. The van der Waals surface area contributed by atoms with Crippen LogP contribution in [0.25, 0.3) is 0 Å². The number of carboxylic acid groups (broad SMARTS) is 1. The summed E-state index contributed by atoms with van der Waals surface area (Å²) >= 11 is 0. The Kier molecular flexibility index (Phi) is 10.0. The van der Waals surface area contributed by atoms with Crippen LogP contribution in [0.5, 0.6) is 17.2 Å². The highest BCUT2D eigenvalue weighted by Crippen LogP contribution is 2.47. The van der Waals surface area contributed by atoms with Crippen LogP contribution in [0.2, 0.25) is 0 Å². The second-order valence-electron chi connectivity index (χ2n) is 12.2. The van der Waals surface area contributed by atoms with Crippen LogP contribution in [0.15, 0.2) is 12.1 Å². The molecule has 0 radical (unpaired) electrons. The average Bonchev–Trinajstić information content (AvgIpc) is 3.61. The Labute approximate surface area is 242 Å². The Hall–Kier alpha value is -3.05. The lowest BCUT2D eigenvalue weighted by molar-refractivity contribution is -0.144. The monoisotopic (exact) mass is 574 g/mol. The summed E-state index contributed by atoms with van der Waals surface area (Å²) in [6, 6.07) is 3.21. The van der Waals surface area contributed by atoms with Crippen molar-refractivity contribution in [1.82, 2.24) is 14.7 Å². The molecule has 2 fully saturated rings. The Morgan fingerprint density at radius 2 is 1.98 bits per heavy atom. The summed E-state index contributed by atoms with van der Waals surface area (Å²) in [6.45, 7) is 9.61. The number of nitrogens with zero attached hydrogens (tertiary/aromatic N) is 3. The zero-order chi connectivity index (χ0) is 29.7. The normalized spacial score (nSPS) is 23.3. The van der Waals surface area contributed by atoms with Crippen molar-refractivity contribution in [1.29, 1.82) is 0 Å². The third-order valence-electron chi connectivity index (χ3n) is 8.54. The number of rotatable bonds is 14. The number of carbonyl (C=O) groups excluding carboxylic acids is 2. The van der Waals surface area contributed by atoms with E-state index in [0.717, 1.165) is 18.4 Å². The largest absolute Gasteiger partial charge is 0.493 e. The number of hydrogen-bond donors (Lipinski definition) is 2. The lowest BCUT2D eigenvalue weighted by atomic mass is 9.84. The number of hydrogen-bond acceptors (Lipinski definition) is 8. The standard InChI is InChI=1S/C30H46N4O7/c1-5-6-10-32(11-7-9-31)26(36)17-34-16-21(20-13-23(39-4)28-24(14-20)40-19-41-28)27(29(37)38)22(34)8-12-33-18-30(2,3)15-25(33)35/h13-14,21-22,27H,5-12,15-19,31H2,1-4H3,(H,37,38)/t21-,22+,27?/m1/s1. The summed E-state index contributed by atoms with van der Waals surface area (Å²) in [5.41, 5.74) is 6.40. The molecule has 3 heterocycles. The summed E-state index contributed by atoms with van der Waals surface area (Å²) < 4.78 is 16.7. The fraction of sp³-hybridized carbons (Fsp3) is 0.700. The van der Waals surface area contributed by atoms with Crippen molar-refractivity contribution in [2.24, 2.45) is 17.1 Å². The van der Waals surface area contributed by atoms with Crippen molar-refractivity contribution < 1.29 is 33.7 Å². The predicted molar refractivity (Wildman–Crippen MR) is 153 cm³/mol. The van der Waals surface area contributed by atoms with Gasteiger partial charge in [0.1, 0.15) is 0 Å². The zero-order valence-electron chi connectivity index (χ0n) is 24.9. The van der Waals surface area contributed by atoms with Gasteiger partial charge in [-0.2, -0.15) is 0 Å². The van der Waals surface area contributed by atoms with Crippen LogP contribution in [0.4, 0.5) is 0 Å². The number of nitrogens with two attached hydrogens (primary N) is 1. The number of carbonyl (C=O) groups is 3. The van der Waals surface area contributed by atoms with Crippen molar-refractivity contribution in [2.75, 3.05) is 59.7 Å².